The topological polar surface area (TPSA) is 40.5 Å². The summed E-state index contributed by atoms with van der Waals surface area (Å²) < 4.78 is 0. The molecule has 4 aromatic rings. The van der Waals surface area contributed by atoms with Crippen LogP contribution in [0.4, 0.5) is 0 Å². The maximum atomic E-state index is 10.3. The molecule has 2 N–H and O–H groups in total. The van der Waals surface area contributed by atoms with E-state index in [1.54, 1.807) is 24.3 Å². The third-order valence-corrected chi connectivity index (χ3v) is 7.28. The van der Waals surface area contributed by atoms with Crippen LogP contribution in [0.3, 0.4) is 0 Å². The van der Waals surface area contributed by atoms with Gasteiger partial charge >= 0.3 is 0 Å². The number of phenols is 2. The molecule has 2 nitrogen and oxygen atoms in total. The maximum absolute atomic E-state index is 10.3. The predicted octanol–water partition coefficient (Wildman–Crippen LogP) is 8.00. The molecule has 0 aromatic heterocycles. The standard InChI is InChI=1S/C26H16Cl4O2/c27-20-10-16(11-21(28)24(20)31)26(17-12-22(29)25(32)23(30)13-17)18-7-3-1-5-14(18)9-15-6-2-4-8-19(15)26/h1-8,10-13,31-32H,9H2. The van der Waals surface area contributed by atoms with Gasteiger partial charge in [-0.3, -0.25) is 0 Å². The summed E-state index contributed by atoms with van der Waals surface area (Å²) in [7, 11) is 0. The highest BCUT2D eigenvalue weighted by Gasteiger charge is 2.44. The van der Waals surface area contributed by atoms with Crippen molar-refractivity contribution in [2.24, 2.45) is 0 Å². The van der Waals surface area contributed by atoms with Crippen molar-refractivity contribution in [2.45, 2.75) is 11.8 Å². The average molecular weight is 502 g/mol. The molecule has 1 aliphatic carbocycles. The summed E-state index contributed by atoms with van der Waals surface area (Å²) in [5, 5.41) is 21.1. The SMILES string of the molecule is Oc1c(Cl)cc(C2(c3cc(Cl)c(O)c(Cl)c3)c3ccccc3Cc3ccccc32)cc1Cl. The second-order valence-corrected chi connectivity index (χ2v) is 9.45. The molecule has 0 saturated carbocycles. The average Bonchev–Trinajstić information content (AvgIpc) is 2.78. The van der Waals surface area contributed by atoms with Gasteiger partial charge in [-0.05, 0) is 64.1 Å². The number of aromatic hydroxyl groups is 2. The molecule has 0 radical (unpaired) electrons. The first-order valence-corrected chi connectivity index (χ1v) is 11.4. The third kappa shape index (κ3) is 3.09. The zero-order chi connectivity index (χ0) is 22.6. The Bertz CT molecular complexity index is 1230. The predicted molar refractivity (Wildman–Crippen MR) is 131 cm³/mol. The fourth-order valence-corrected chi connectivity index (χ4v) is 5.76. The van der Waals surface area contributed by atoms with Crippen LogP contribution in [-0.4, -0.2) is 10.2 Å². The lowest BCUT2D eigenvalue weighted by atomic mass is 9.59. The number of rotatable bonds is 2. The van der Waals surface area contributed by atoms with Crippen molar-refractivity contribution in [2.75, 3.05) is 0 Å². The van der Waals surface area contributed by atoms with Gasteiger partial charge in [0, 0.05) is 0 Å². The molecule has 0 saturated heterocycles. The van der Waals surface area contributed by atoms with Crippen molar-refractivity contribution in [1.82, 2.24) is 0 Å². The molecule has 0 atom stereocenters. The number of hydrogen-bond acceptors (Lipinski definition) is 2. The molecule has 32 heavy (non-hydrogen) atoms. The summed E-state index contributed by atoms with van der Waals surface area (Å²) in [5.41, 5.74) is 4.93. The smallest absolute Gasteiger partial charge is 0.152 e. The van der Waals surface area contributed by atoms with E-state index in [0.717, 1.165) is 39.8 Å². The number of fused-ring (bicyclic) bond motifs is 2. The minimum Gasteiger partial charge on any atom is -0.505 e. The minimum atomic E-state index is -0.882. The Kier molecular flexibility index (Phi) is 5.30. The highest BCUT2D eigenvalue weighted by atomic mass is 35.5. The number of hydrogen-bond donors (Lipinski definition) is 2. The second kappa shape index (κ2) is 7.90. The molecule has 0 aliphatic heterocycles. The second-order valence-electron chi connectivity index (χ2n) is 7.82. The molecule has 160 valence electrons. The van der Waals surface area contributed by atoms with Crippen LogP contribution in [0.15, 0.2) is 72.8 Å². The number of benzene rings is 4. The third-order valence-electron chi connectivity index (χ3n) is 6.12. The van der Waals surface area contributed by atoms with Crippen LogP contribution in [0.5, 0.6) is 11.5 Å². The first-order chi connectivity index (χ1) is 15.3. The van der Waals surface area contributed by atoms with Crippen molar-refractivity contribution < 1.29 is 10.2 Å². The lowest BCUT2D eigenvalue weighted by molar-refractivity contribution is 0.475. The van der Waals surface area contributed by atoms with Crippen molar-refractivity contribution >= 4 is 46.4 Å². The Labute approximate surface area is 205 Å². The van der Waals surface area contributed by atoms with Gasteiger partial charge in [-0.1, -0.05) is 94.9 Å². The van der Waals surface area contributed by atoms with Gasteiger partial charge in [0.15, 0.2) is 11.5 Å². The van der Waals surface area contributed by atoms with E-state index >= 15 is 0 Å². The fourth-order valence-electron chi connectivity index (χ4n) is 4.78. The summed E-state index contributed by atoms with van der Waals surface area (Å²) in [6.45, 7) is 0. The first-order valence-electron chi connectivity index (χ1n) is 9.87. The largest absolute Gasteiger partial charge is 0.505 e. The Balaban J connectivity index is 2.01. The van der Waals surface area contributed by atoms with Gasteiger partial charge in [0.05, 0.1) is 25.5 Å². The van der Waals surface area contributed by atoms with Crippen LogP contribution in [0, 0.1) is 0 Å². The van der Waals surface area contributed by atoms with Crippen molar-refractivity contribution in [1.29, 1.82) is 0 Å². The normalized spacial score (nSPS) is 14.0. The fraction of sp³-hybridized carbons (Fsp3) is 0.0769. The molecule has 0 heterocycles. The lowest BCUT2D eigenvalue weighted by Gasteiger charge is -2.42. The summed E-state index contributed by atoms with van der Waals surface area (Å²) in [6, 6.07) is 23.2. The van der Waals surface area contributed by atoms with Gasteiger partial charge in [-0.25, -0.2) is 0 Å². The van der Waals surface area contributed by atoms with Gasteiger partial charge in [-0.15, -0.1) is 0 Å². The molecular weight excluding hydrogens is 486 g/mol. The Hall–Kier alpha value is -2.36. The van der Waals surface area contributed by atoms with Gasteiger partial charge in [0.2, 0.25) is 0 Å². The number of phenolic OH excluding ortho intramolecular Hbond substituents is 2. The molecule has 0 bridgehead atoms. The molecule has 4 aromatic carbocycles. The van der Waals surface area contributed by atoms with E-state index in [4.69, 9.17) is 46.4 Å². The van der Waals surface area contributed by atoms with Crippen LogP contribution in [0.25, 0.3) is 0 Å². The number of halogens is 4. The highest BCUT2D eigenvalue weighted by molar-refractivity contribution is 6.38. The summed E-state index contributed by atoms with van der Waals surface area (Å²) in [5.74, 6) is -0.349. The van der Waals surface area contributed by atoms with E-state index in [1.807, 2.05) is 24.3 Å². The first kappa shape index (κ1) is 21.5. The monoisotopic (exact) mass is 500 g/mol. The van der Waals surface area contributed by atoms with Crippen LogP contribution < -0.4 is 0 Å². The van der Waals surface area contributed by atoms with Crippen LogP contribution in [0.2, 0.25) is 20.1 Å². The minimum absolute atomic E-state index is 0.142. The molecule has 0 spiro atoms. The van der Waals surface area contributed by atoms with Crippen molar-refractivity contribution in [3.8, 4) is 11.5 Å². The van der Waals surface area contributed by atoms with E-state index in [-0.39, 0.29) is 31.6 Å². The van der Waals surface area contributed by atoms with Gasteiger partial charge in [0.25, 0.3) is 0 Å². The van der Waals surface area contributed by atoms with Gasteiger partial charge in [0.1, 0.15) is 0 Å². The van der Waals surface area contributed by atoms with E-state index in [1.165, 1.54) is 0 Å². The van der Waals surface area contributed by atoms with Crippen LogP contribution in [-0.2, 0) is 11.8 Å². The van der Waals surface area contributed by atoms with Gasteiger partial charge in [-0.2, -0.15) is 0 Å². The van der Waals surface area contributed by atoms with Crippen LogP contribution >= 0.6 is 46.4 Å². The van der Waals surface area contributed by atoms with E-state index < -0.39 is 5.41 Å². The molecule has 6 heteroatoms. The van der Waals surface area contributed by atoms with Gasteiger partial charge < -0.3 is 10.2 Å². The quantitative estimate of drug-likeness (QED) is 0.257. The summed E-state index contributed by atoms with van der Waals surface area (Å²) in [4.78, 5) is 0. The molecule has 1 aliphatic rings. The van der Waals surface area contributed by atoms with E-state index in [0.29, 0.717) is 0 Å². The van der Waals surface area contributed by atoms with Crippen molar-refractivity contribution in [3.63, 3.8) is 0 Å². The molecule has 0 amide bonds. The highest BCUT2D eigenvalue weighted by Crippen LogP contribution is 2.54. The van der Waals surface area contributed by atoms with Crippen LogP contribution in [0.1, 0.15) is 33.4 Å². The van der Waals surface area contributed by atoms with Crippen molar-refractivity contribution in [3.05, 3.63) is 126 Å². The zero-order valence-corrected chi connectivity index (χ0v) is 19.6. The molecule has 5 rings (SSSR count). The molecular formula is C26H16Cl4O2. The Morgan fingerprint density at radius 2 is 0.906 bits per heavy atom. The van der Waals surface area contributed by atoms with E-state index in [2.05, 4.69) is 24.3 Å². The zero-order valence-electron chi connectivity index (χ0n) is 16.5. The molecule has 0 unspecified atom stereocenters. The Morgan fingerprint density at radius 1 is 0.562 bits per heavy atom. The summed E-state index contributed by atoms with van der Waals surface area (Å²) >= 11 is 25.6. The summed E-state index contributed by atoms with van der Waals surface area (Å²) in [6.07, 6.45) is 0.757. The van der Waals surface area contributed by atoms with E-state index in [9.17, 15) is 10.2 Å². The lowest BCUT2D eigenvalue weighted by Crippen LogP contribution is -2.36. The maximum Gasteiger partial charge on any atom is 0.152 e. The Morgan fingerprint density at radius 3 is 1.28 bits per heavy atom. The molecule has 0 fully saturated rings.